The summed E-state index contributed by atoms with van der Waals surface area (Å²) >= 11 is 1.90. The van der Waals surface area contributed by atoms with Gasteiger partial charge in [0.25, 0.3) is 0 Å². The van der Waals surface area contributed by atoms with Gasteiger partial charge >= 0.3 is 0 Å². The van der Waals surface area contributed by atoms with Crippen LogP contribution in [0.3, 0.4) is 0 Å². The Morgan fingerprint density at radius 3 is 1.92 bits per heavy atom. The molecule has 0 bridgehead atoms. The highest BCUT2D eigenvalue weighted by atomic mass is 32.1. The maximum Gasteiger partial charge on any atom is 0.0433 e. The lowest BCUT2D eigenvalue weighted by Crippen LogP contribution is -2.15. The minimum absolute atomic E-state index is 0.0435. The van der Waals surface area contributed by atoms with Crippen molar-refractivity contribution in [1.29, 1.82) is 0 Å². The van der Waals surface area contributed by atoms with Crippen molar-refractivity contribution in [3.05, 3.63) is 204 Å². The van der Waals surface area contributed by atoms with Crippen LogP contribution in [0.4, 0.5) is 0 Å². The summed E-state index contributed by atoms with van der Waals surface area (Å²) in [6.07, 6.45) is 0. The van der Waals surface area contributed by atoms with Gasteiger partial charge in [0, 0.05) is 31.5 Å². The third-order valence-electron chi connectivity index (χ3n) is 11.2. The number of hydrogen-bond acceptors (Lipinski definition) is 1. The molecule has 1 atom stereocenters. The van der Waals surface area contributed by atoms with Crippen LogP contribution in [0.2, 0.25) is 0 Å². The lowest BCUT2D eigenvalue weighted by molar-refractivity contribution is 0.659. The molecule has 1 unspecified atom stereocenters. The molecule has 10 rings (SSSR count). The summed E-state index contributed by atoms with van der Waals surface area (Å²) < 4.78 is 2.72. The average molecular weight is 669 g/mol. The van der Waals surface area contributed by atoms with Gasteiger partial charge in [-0.25, -0.2) is 0 Å². The second-order valence-electron chi connectivity index (χ2n) is 14.5. The van der Waals surface area contributed by atoms with E-state index in [1.807, 2.05) is 11.3 Å². The van der Waals surface area contributed by atoms with E-state index in [4.69, 9.17) is 0 Å². The van der Waals surface area contributed by atoms with Gasteiger partial charge in [-0.2, -0.15) is 0 Å². The molecule has 1 heteroatoms. The third-order valence-corrected chi connectivity index (χ3v) is 12.4. The quantitative estimate of drug-likeness (QED) is 0.160. The van der Waals surface area contributed by atoms with Crippen LogP contribution in [0.25, 0.3) is 64.3 Å². The fourth-order valence-corrected chi connectivity index (χ4v) is 9.83. The molecule has 1 aliphatic rings. The summed E-state index contributed by atoms with van der Waals surface area (Å²) in [4.78, 5) is 0. The zero-order chi connectivity index (χ0) is 34.1. The number of hydrogen-bond donors (Lipinski definition) is 0. The molecule has 0 saturated carbocycles. The second-order valence-corrected chi connectivity index (χ2v) is 15.6. The number of fused-ring (bicyclic) bond motifs is 8. The van der Waals surface area contributed by atoms with Gasteiger partial charge < -0.3 is 0 Å². The van der Waals surface area contributed by atoms with Crippen molar-refractivity contribution in [2.45, 2.75) is 25.2 Å². The Morgan fingerprint density at radius 2 is 1.06 bits per heavy atom. The van der Waals surface area contributed by atoms with E-state index in [0.29, 0.717) is 0 Å². The monoisotopic (exact) mass is 668 g/mol. The maximum atomic E-state index is 2.48. The first kappa shape index (κ1) is 30.1. The van der Waals surface area contributed by atoms with E-state index in [-0.39, 0.29) is 11.3 Å². The van der Waals surface area contributed by atoms with Gasteiger partial charge in [-0.05, 0) is 90.2 Å². The standard InChI is InChI=1S/C50H36S/c1-50(2)45-20-8-6-18-41(45)42-26-24-39(31-46(42)50)48(32-12-4-3-5-13-32)38-17-11-16-35(30-38)33-14-10-15-34(28-33)36-22-25-40-37(29-36)23-27-44-43-19-7-9-21-47(43)51-49(40)44/h3-31,48H,1-2H3. The first-order valence-corrected chi connectivity index (χ1v) is 18.7. The van der Waals surface area contributed by atoms with Crippen LogP contribution in [0.1, 0.15) is 47.6 Å². The maximum absolute atomic E-state index is 2.48. The number of rotatable bonds is 5. The summed E-state index contributed by atoms with van der Waals surface area (Å²) in [5, 5.41) is 5.30. The lowest BCUT2D eigenvalue weighted by atomic mass is 9.79. The fraction of sp³-hybridized carbons (Fsp3) is 0.0800. The van der Waals surface area contributed by atoms with Crippen molar-refractivity contribution in [3.8, 4) is 33.4 Å². The Labute approximate surface area is 303 Å². The SMILES string of the molecule is CC1(C)c2ccccc2-c2ccc(C(c3ccccc3)c3cccc(-c4cccc(-c5ccc6c(ccc7c8ccccc8sc67)c5)c4)c3)cc21. The molecule has 0 saturated heterocycles. The number of benzene rings is 8. The molecule has 0 aliphatic heterocycles. The first-order chi connectivity index (χ1) is 25.0. The van der Waals surface area contributed by atoms with Gasteiger partial charge in [0.1, 0.15) is 0 Å². The Kier molecular flexibility index (Phi) is 6.88. The summed E-state index contributed by atoms with van der Waals surface area (Å²) in [6, 6.07) is 65.6. The van der Waals surface area contributed by atoms with Crippen molar-refractivity contribution in [3.63, 3.8) is 0 Å². The first-order valence-electron chi connectivity index (χ1n) is 17.9. The van der Waals surface area contributed by atoms with Gasteiger partial charge in [-0.15, -0.1) is 11.3 Å². The largest absolute Gasteiger partial charge is 0.135 e. The van der Waals surface area contributed by atoms with Crippen LogP contribution in [0.5, 0.6) is 0 Å². The van der Waals surface area contributed by atoms with Crippen LogP contribution < -0.4 is 0 Å². The second kappa shape index (κ2) is 11.7. The molecule has 0 fully saturated rings. The van der Waals surface area contributed by atoms with Crippen LogP contribution in [-0.2, 0) is 5.41 Å². The van der Waals surface area contributed by atoms with Crippen LogP contribution in [-0.4, -0.2) is 0 Å². The molecule has 8 aromatic carbocycles. The topological polar surface area (TPSA) is 0 Å². The predicted octanol–water partition coefficient (Wildman–Crippen LogP) is 14.0. The van der Waals surface area contributed by atoms with Gasteiger partial charge in [0.15, 0.2) is 0 Å². The normalized spacial score (nSPS) is 13.8. The van der Waals surface area contributed by atoms with E-state index in [0.717, 1.165) is 0 Å². The highest BCUT2D eigenvalue weighted by Gasteiger charge is 2.35. The average Bonchev–Trinajstić information content (AvgIpc) is 3.68. The molecule has 0 amide bonds. The molecule has 0 N–H and O–H groups in total. The Bertz CT molecular complexity index is 2780. The van der Waals surface area contributed by atoms with Crippen LogP contribution >= 0.6 is 11.3 Å². The molecule has 9 aromatic rings. The molecule has 0 radical (unpaired) electrons. The molecule has 1 heterocycles. The van der Waals surface area contributed by atoms with E-state index in [9.17, 15) is 0 Å². The van der Waals surface area contributed by atoms with Crippen molar-refractivity contribution in [2.75, 3.05) is 0 Å². The van der Waals surface area contributed by atoms with Crippen molar-refractivity contribution < 1.29 is 0 Å². The molecule has 1 aliphatic carbocycles. The molecular formula is C50H36S. The lowest BCUT2D eigenvalue weighted by Gasteiger charge is -2.25. The minimum atomic E-state index is -0.0435. The zero-order valence-corrected chi connectivity index (χ0v) is 29.5. The van der Waals surface area contributed by atoms with Gasteiger partial charge in [0.05, 0.1) is 0 Å². The zero-order valence-electron chi connectivity index (χ0n) is 28.7. The Hall–Kier alpha value is -5.76. The molecular weight excluding hydrogens is 633 g/mol. The molecule has 0 nitrogen and oxygen atoms in total. The van der Waals surface area contributed by atoms with E-state index < -0.39 is 0 Å². The van der Waals surface area contributed by atoms with Crippen LogP contribution in [0.15, 0.2) is 176 Å². The summed E-state index contributed by atoms with van der Waals surface area (Å²) in [7, 11) is 0. The molecule has 1 aromatic heterocycles. The van der Waals surface area contributed by atoms with Gasteiger partial charge in [-0.3, -0.25) is 0 Å². The fourth-order valence-electron chi connectivity index (χ4n) is 8.59. The summed E-state index contributed by atoms with van der Waals surface area (Å²) in [5.41, 5.74) is 14.4. The van der Waals surface area contributed by atoms with E-state index in [2.05, 4.69) is 190 Å². The summed E-state index contributed by atoms with van der Waals surface area (Å²) in [6.45, 7) is 4.74. The van der Waals surface area contributed by atoms with Crippen LogP contribution in [0, 0.1) is 0 Å². The van der Waals surface area contributed by atoms with E-state index >= 15 is 0 Å². The third kappa shape index (κ3) is 4.88. The van der Waals surface area contributed by atoms with Crippen molar-refractivity contribution in [1.82, 2.24) is 0 Å². The van der Waals surface area contributed by atoms with E-state index in [1.165, 1.54) is 92.1 Å². The van der Waals surface area contributed by atoms with Gasteiger partial charge in [0.2, 0.25) is 0 Å². The molecule has 0 spiro atoms. The molecule has 51 heavy (non-hydrogen) atoms. The smallest absolute Gasteiger partial charge is 0.0433 e. The molecule has 242 valence electrons. The van der Waals surface area contributed by atoms with Gasteiger partial charge in [-0.1, -0.05) is 172 Å². The number of thiophene rings is 1. The Morgan fingerprint density at radius 1 is 0.412 bits per heavy atom. The minimum Gasteiger partial charge on any atom is -0.135 e. The summed E-state index contributed by atoms with van der Waals surface area (Å²) in [5.74, 6) is 0.116. The van der Waals surface area contributed by atoms with Crippen molar-refractivity contribution in [2.24, 2.45) is 0 Å². The Balaban J connectivity index is 1.04. The van der Waals surface area contributed by atoms with E-state index in [1.54, 1.807) is 0 Å². The van der Waals surface area contributed by atoms with Crippen molar-refractivity contribution >= 4 is 42.3 Å². The predicted molar refractivity (Wildman–Crippen MR) is 219 cm³/mol. The highest BCUT2D eigenvalue weighted by molar-refractivity contribution is 7.26. The highest BCUT2D eigenvalue weighted by Crippen LogP contribution is 2.50.